The number of rotatable bonds is 5. The van der Waals surface area contributed by atoms with Crippen molar-refractivity contribution in [3.63, 3.8) is 0 Å². The highest BCUT2D eigenvalue weighted by molar-refractivity contribution is 7.80. The Morgan fingerprint density at radius 3 is 2.53 bits per heavy atom. The SMILES string of the molecule is C=C(CS)CN(C)Cc1ccc(F)cc1. The van der Waals surface area contributed by atoms with Gasteiger partial charge >= 0.3 is 0 Å². The van der Waals surface area contributed by atoms with Crippen LogP contribution in [-0.4, -0.2) is 24.2 Å². The van der Waals surface area contributed by atoms with Crippen LogP contribution >= 0.6 is 12.6 Å². The average molecular weight is 225 g/mol. The standard InChI is InChI=1S/C12H16FNS/c1-10(9-15)7-14(2)8-11-3-5-12(13)6-4-11/h3-6,15H,1,7-9H2,2H3. The molecule has 0 aliphatic rings. The van der Waals surface area contributed by atoms with Gasteiger partial charge in [0, 0.05) is 18.8 Å². The molecule has 1 rings (SSSR count). The van der Waals surface area contributed by atoms with Crippen molar-refractivity contribution < 1.29 is 4.39 Å². The molecular weight excluding hydrogens is 209 g/mol. The van der Waals surface area contributed by atoms with Crippen LogP contribution in [0.1, 0.15) is 5.56 Å². The van der Waals surface area contributed by atoms with Gasteiger partial charge in [0.25, 0.3) is 0 Å². The van der Waals surface area contributed by atoms with E-state index in [1.165, 1.54) is 12.1 Å². The summed E-state index contributed by atoms with van der Waals surface area (Å²) in [5.41, 5.74) is 2.19. The summed E-state index contributed by atoms with van der Waals surface area (Å²) in [6.45, 7) is 5.51. The topological polar surface area (TPSA) is 3.24 Å². The minimum Gasteiger partial charge on any atom is -0.298 e. The van der Waals surface area contributed by atoms with Crippen molar-refractivity contribution in [3.05, 3.63) is 47.8 Å². The summed E-state index contributed by atoms with van der Waals surface area (Å²) in [5, 5.41) is 0. The van der Waals surface area contributed by atoms with Crippen LogP contribution in [0.2, 0.25) is 0 Å². The minimum atomic E-state index is -0.193. The van der Waals surface area contributed by atoms with Crippen molar-refractivity contribution in [2.75, 3.05) is 19.3 Å². The summed E-state index contributed by atoms with van der Waals surface area (Å²) in [5.74, 6) is 0.509. The highest BCUT2D eigenvalue weighted by Crippen LogP contribution is 2.06. The van der Waals surface area contributed by atoms with Crippen LogP contribution < -0.4 is 0 Å². The van der Waals surface area contributed by atoms with Gasteiger partial charge in [-0.3, -0.25) is 4.90 Å². The monoisotopic (exact) mass is 225 g/mol. The van der Waals surface area contributed by atoms with E-state index in [1.807, 2.05) is 7.05 Å². The summed E-state index contributed by atoms with van der Waals surface area (Å²) in [7, 11) is 2.01. The van der Waals surface area contributed by atoms with Crippen molar-refractivity contribution in [3.8, 4) is 0 Å². The van der Waals surface area contributed by atoms with Crippen molar-refractivity contribution in [2.24, 2.45) is 0 Å². The van der Waals surface area contributed by atoms with E-state index in [-0.39, 0.29) is 5.82 Å². The second kappa shape index (κ2) is 5.93. The number of thiol groups is 1. The maximum atomic E-state index is 12.7. The third kappa shape index (κ3) is 4.49. The highest BCUT2D eigenvalue weighted by atomic mass is 32.1. The van der Waals surface area contributed by atoms with Gasteiger partial charge in [-0.2, -0.15) is 12.6 Å². The van der Waals surface area contributed by atoms with Gasteiger partial charge in [0.1, 0.15) is 5.82 Å². The molecule has 0 saturated heterocycles. The fourth-order valence-electron chi connectivity index (χ4n) is 1.39. The van der Waals surface area contributed by atoms with Gasteiger partial charge in [0.05, 0.1) is 0 Å². The lowest BCUT2D eigenvalue weighted by atomic mass is 10.2. The molecule has 0 N–H and O–H groups in total. The molecule has 1 aromatic rings. The van der Waals surface area contributed by atoms with Gasteiger partial charge < -0.3 is 0 Å². The van der Waals surface area contributed by atoms with E-state index in [0.29, 0.717) is 5.75 Å². The zero-order valence-corrected chi connectivity index (χ0v) is 9.80. The number of hydrogen-bond acceptors (Lipinski definition) is 2. The lowest BCUT2D eigenvalue weighted by Gasteiger charge is -2.17. The maximum Gasteiger partial charge on any atom is 0.123 e. The summed E-state index contributed by atoms with van der Waals surface area (Å²) in [6, 6.07) is 6.57. The molecule has 3 heteroatoms. The lowest BCUT2D eigenvalue weighted by molar-refractivity contribution is 0.356. The van der Waals surface area contributed by atoms with Crippen molar-refractivity contribution in [1.82, 2.24) is 4.90 Å². The normalized spacial score (nSPS) is 10.7. The Morgan fingerprint density at radius 2 is 2.00 bits per heavy atom. The van der Waals surface area contributed by atoms with E-state index in [9.17, 15) is 4.39 Å². The molecule has 1 nitrogen and oxygen atoms in total. The highest BCUT2D eigenvalue weighted by Gasteiger charge is 2.01. The van der Waals surface area contributed by atoms with Crippen molar-refractivity contribution >= 4 is 12.6 Å². The fourth-order valence-corrected chi connectivity index (χ4v) is 1.49. The Balaban J connectivity index is 2.47. The predicted octanol–water partition coefficient (Wildman–Crippen LogP) is 2.74. The summed E-state index contributed by atoms with van der Waals surface area (Å²) >= 11 is 4.15. The fraction of sp³-hybridized carbons (Fsp3) is 0.333. The Labute approximate surface area is 96.0 Å². The van der Waals surface area contributed by atoms with Gasteiger partial charge in [0.15, 0.2) is 0 Å². The van der Waals surface area contributed by atoms with E-state index in [1.54, 1.807) is 12.1 Å². The Morgan fingerprint density at radius 1 is 1.40 bits per heavy atom. The summed E-state index contributed by atoms with van der Waals surface area (Å²) in [4.78, 5) is 2.13. The third-order valence-corrected chi connectivity index (χ3v) is 2.53. The molecule has 0 radical (unpaired) electrons. The van der Waals surface area contributed by atoms with E-state index < -0.39 is 0 Å². The molecule has 0 unspecified atom stereocenters. The molecule has 0 fully saturated rings. The minimum absolute atomic E-state index is 0.193. The zero-order chi connectivity index (χ0) is 11.3. The van der Waals surface area contributed by atoms with Crippen molar-refractivity contribution in [2.45, 2.75) is 6.54 Å². The predicted molar refractivity (Wildman–Crippen MR) is 65.7 cm³/mol. The molecule has 0 bridgehead atoms. The van der Waals surface area contributed by atoms with Gasteiger partial charge in [-0.25, -0.2) is 4.39 Å². The van der Waals surface area contributed by atoms with Gasteiger partial charge in [0.2, 0.25) is 0 Å². The van der Waals surface area contributed by atoms with E-state index in [4.69, 9.17) is 0 Å². The Bertz CT molecular complexity index is 321. The lowest BCUT2D eigenvalue weighted by Crippen LogP contribution is -2.20. The van der Waals surface area contributed by atoms with E-state index >= 15 is 0 Å². The van der Waals surface area contributed by atoms with Crippen LogP contribution in [0.15, 0.2) is 36.4 Å². The molecule has 0 saturated carbocycles. The first-order chi connectivity index (χ1) is 7.11. The molecule has 0 aliphatic carbocycles. The van der Waals surface area contributed by atoms with Crippen molar-refractivity contribution in [1.29, 1.82) is 0 Å². The van der Waals surface area contributed by atoms with Crippen LogP contribution in [0, 0.1) is 5.82 Å². The molecule has 0 aliphatic heterocycles. The number of benzene rings is 1. The van der Waals surface area contributed by atoms with Crippen LogP contribution in [0.3, 0.4) is 0 Å². The first-order valence-corrected chi connectivity index (χ1v) is 5.45. The molecule has 0 spiro atoms. The van der Waals surface area contributed by atoms with Gasteiger partial charge in [-0.05, 0) is 24.7 Å². The molecule has 0 amide bonds. The molecule has 0 aromatic heterocycles. The van der Waals surface area contributed by atoms with Crippen LogP contribution in [0.5, 0.6) is 0 Å². The molecule has 0 heterocycles. The Hall–Kier alpha value is -0.800. The second-order valence-electron chi connectivity index (χ2n) is 3.71. The first-order valence-electron chi connectivity index (χ1n) is 4.82. The largest absolute Gasteiger partial charge is 0.298 e. The van der Waals surface area contributed by atoms with Gasteiger partial charge in [-0.1, -0.05) is 24.3 Å². The smallest absolute Gasteiger partial charge is 0.123 e. The summed E-state index contributed by atoms with van der Waals surface area (Å²) in [6.07, 6.45) is 0. The number of likely N-dealkylation sites (N-methyl/N-ethyl adjacent to an activating group) is 1. The molecule has 1 aromatic carbocycles. The van der Waals surface area contributed by atoms with Gasteiger partial charge in [-0.15, -0.1) is 0 Å². The second-order valence-corrected chi connectivity index (χ2v) is 4.02. The number of halogens is 1. The first kappa shape index (κ1) is 12.3. The molecule has 0 atom stereocenters. The zero-order valence-electron chi connectivity index (χ0n) is 8.91. The van der Waals surface area contributed by atoms with E-state index in [0.717, 1.165) is 24.2 Å². The molecule has 82 valence electrons. The quantitative estimate of drug-likeness (QED) is 0.595. The molecular formula is C12H16FNS. The van der Waals surface area contributed by atoms with Crippen LogP contribution in [0.25, 0.3) is 0 Å². The Kier molecular flexibility index (Phi) is 4.85. The number of hydrogen-bond donors (Lipinski definition) is 1. The maximum absolute atomic E-state index is 12.7. The van der Waals surface area contributed by atoms with Crippen LogP contribution in [0.4, 0.5) is 4.39 Å². The van der Waals surface area contributed by atoms with Crippen LogP contribution in [-0.2, 0) is 6.54 Å². The average Bonchev–Trinajstić information content (AvgIpc) is 2.21. The van der Waals surface area contributed by atoms with E-state index in [2.05, 4.69) is 24.1 Å². The summed E-state index contributed by atoms with van der Waals surface area (Å²) < 4.78 is 12.7. The number of nitrogens with zero attached hydrogens (tertiary/aromatic N) is 1. The third-order valence-electron chi connectivity index (χ3n) is 2.08. The molecule has 15 heavy (non-hydrogen) atoms.